The molecule has 2 N–H and O–H groups in total. The van der Waals surface area contributed by atoms with Crippen molar-refractivity contribution in [3.05, 3.63) is 0 Å². The third-order valence-electron chi connectivity index (χ3n) is 8.03. The van der Waals surface area contributed by atoms with E-state index in [9.17, 15) is 31.5 Å². The maximum atomic E-state index is 13.6. The predicted molar refractivity (Wildman–Crippen MR) is 102 cm³/mol. The third-order valence-corrected chi connectivity index (χ3v) is 8.97. The number of halogens is 3. The van der Waals surface area contributed by atoms with E-state index in [4.69, 9.17) is 9.29 Å². The fourth-order valence-corrected chi connectivity index (χ4v) is 7.11. The van der Waals surface area contributed by atoms with E-state index < -0.39 is 52.1 Å². The summed E-state index contributed by atoms with van der Waals surface area (Å²) in [6.45, 7) is 3.26. The lowest BCUT2D eigenvalue weighted by Crippen LogP contribution is -2.61. The van der Waals surface area contributed by atoms with Crippen LogP contribution in [0.25, 0.3) is 0 Å². The number of rotatable bonds is 9. The molecule has 0 aromatic rings. The number of aliphatic hydroxyl groups is 1. The van der Waals surface area contributed by atoms with Gasteiger partial charge in [0, 0.05) is 6.42 Å². The van der Waals surface area contributed by atoms with Gasteiger partial charge < -0.3 is 9.84 Å². The average Bonchev–Trinajstić information content (AvgIpc) is 2.65. The van der Waals surface area contributed by atoms with Crippen molar-refractivity contribution in [3.8, 4) is 0 Å². The van der Waals surface area contributed by atoms with Gasteiger partial charge in [-0.3, -0.25) is 9.35 Å². The van der Waals surface area contributed by atoms with Crippen LogP contribution in [0.1, 0.15) is 65.2 Å². The van der Waals surface area contributed by atoms with Crippen molar-refractivity contribution >= 4 is 16.1 Å². The lowest BCUT2D eigenvalue weighted by atomic mass is 9.42. The minimum absolute atomic E-state index is 0.0359. The summed E-state index contributed by atoms with van der Waals surface area (Å²) in [7, 11) is -5.88. The number of hydrogen-bond donors (Lipinski definition) is 2. The van der Waals surface area contributed by atoms with Crippen molar-refractivity contribution in [3.63, 3.8) is 0 Å². The maximum Gasteiger partial charge on any atom is 0.400 e. The van der Waals surface area contributed by atoms with Crippen molar-refractivity contribution in [1.29, 1.82) is 0 Å². The molecule has 0 aliphatic heterocycles. The van der Waals surface area contributed by atoms with Gasteiger partial charge in [0.1, 0.15) is 0 Å². The Morgan fingerprint density at radius 2 is 1.70 bits per heavy atom. The molecule has 0 radical (unpaired) electrons. The van der Waals surface area contributed by atoms with Crippen LogP contribution in [0.5, 0.6) is 0 Å². The molecule has 4 aliphatic rings. The van der Waals surface area contributed by atoms with Gasteiger partial charge in [0.2, 0.25) is 0 Å². The van der Waals surface area contributed by atoms with E-state index in [1.54, 1.807) is 0 Å². The number of ether oxygens (including phenoxy) is 1. The van der Waals surface area contributed by atoms with E-state index in [1.807, 2.05) is 13.8 Å². The molecule has 4 bridgehead atoms. The standard InChI is InChI=1S/C20H31F3O6S/c1-3-19(25,4-2)18-9-12-7-13(10-18)16(14(8-12)11-18)17(24)29-6-5-15(21)20(22,23)30(26,27)28/h12-16,25H,3-11H2,1-2H3,(H,26,27,28). The normalized spacial score (nSPS) is 34.8. The summed E-state index contributed by atoms with van der Waals surface area (Å²) in [4.78, 5) is 12.7. The molecule has 4 saturated carbocycles. The van der Waals surface area contributed by atoms with Crippen molar-refractivity contribution in [2.24, 2.45) is 29.1 Å². The molecule has 0 spiro atoms. The molecule has 4 aliphatic carbocycles. The van der Waals surface area contributed by atoms with Crippen LogP contribution in [0.4, 0.5) is 13.2 Å². The van der Waals surface area contributed by atoms with Gasteiger partial charge in [-0.15, -0.1) is 0 Å². The molecule has 3 atom stereocenters. The van der Waals surface area contributed by atoms with Crippen molar-refractivity contribution in [1.82, 2.24) is 0 Å². The van der Waals surface area contributed by atoms with Gasteiger partial charge in [0.25, 0.3) is 0 Å². The Labute approximate surface area is 175 Å². The average molecular weight is 457 g/mol. The number of hydrogen-bond acceptors (Lipinski definition) is 5. The van der Waals surface area contributed by atoms with Crippen LogP contribution in [0.15, 0.2) is 0 Å². The SMILES string of the molecule is CCC(O)(CC)C12CC3CC(C1)C(C(=O)OCCC(F)C(F)(F)S(=O)(=O)O)C(C3)C2. The van der Waals surface area contributed by atoms with E-state index in [0.717, 1.165) is 19.3 Å². The molecule has 6 nitrogen and oxygen atoms in total. The van der Waals surface area contributed by atoms with E-state index in [2.05, 4.69) is 0 Å². The second-order valence-electron chi connectivity index (χ2n) is 9.48. The summed E-state index contributed by atoms with van der Waals surface area (Å²) < 4.78 is 74.9. The van der Waals surface area contributed by atoms with Gasteiger partial charge >= 0.3 is 21.3 Å². The molecule has 0 saturated heterocycles. The lowest BCUT2D eigenvalue weighted by molar-refractivity contribution is -0.208. The van der Waals surface area contributed by atoms with E-state index in [1.165, 1.54) is 0 Å². The van der Waals surface area contributed by atoms with E-state index in [0.29, 0.717) is 31.6 Å². The topological polar surface area (TPSA) is 101 Å². The zero-order valence-electron chi connectivity index (χ0n) is 17.3. The first-order chi connectivity index (χ1) is 13.8. The van der Waals surface area contributed by atoms with E-state index in [-0.39, 0.29) is 17.3 Å². The summed E-state index contributed by atoms with van der Waals surface area (Å²) in [5.41, 5.74) is -0.994. The van der Waals surface area contributed by atoms with Gasteiger partial charge in [-0.1, -0.05) is 13.8 Å². The molecule has 4 rings (SSSR count). The zero-order chi connectivity index (χ0) is 22.5. The minimum Gasteiger partial charge on any atom is -0.465 e. The summed E-state index contributed by atoms with van der Waals surface area (Å²) in [6.07, 6.45) is 1.17. The first-order valence-electron chi connectivity index (χ1n) is 10.7. The number of alkyl halides is 3. The van der Waals surface area contributed by atoms with Crippen LogP contribution >= 0.6 is 0 Å². The van der Waals surface area contributed by atoms with Crippen LogP contribution in [0, 0.1) is 29.1 Å². The Bertz CT molecular complexity index is 751. The smallest absolute Gasteiger partial charge is 0.400 e. The van der Waals surface area contributed by atoms with Gasteiger partial charge in [-0.05, 0) is 68.1 Å². The molecule has 174 valence electrons. The van der Waals surface area contributed by atoms with Crippen molar-refractivity contribution < 1.29 is 40.8 Å². The first kappa shape index (κ1) is 23.8. The fourth-order valence-electron chi connectivity index (χ4n) is 6.67. The molecular weight excluding hydrogens is 425 g/mol. The molecule has 0 heterocycles. The lowest BCUT2D eigenvalue weighted by Gasteiger charge is -2.64. The summed E-state index contributed by atoms with van der Waals surface area (Å²) in [6, 6.07) is 0. The van der Waals surface area contributed by atoms with Crippen LogP contribution < -0.4 is 0 Å². The zero-order valence-corrected chi connectivity index (χ0v) is 18.1. The van der Waals surface area contributed by atoms with Gasteiger partial charge in [-0.25, -0.2) is 4.39 Å². The first-order valence-corrected chi connectivity index (χ1v) is 12.1. The monoisotopic (exact) mass is 456 g/mol. The summed E-state index contributed by atoms with van der Waals surface area (Å²) >= 11 is 0. The predicted octanol–water partition coefficient (Wildman–Crippen LogP) is 3.73. The Balaban J connectivity index is 1.63. The largest absolute Gasteiger partial charge is 0.465 e. The van der Waals surface area contributed by atoms with Crippen molar-refractivity contribution in [2.45, 2.75) is 82.2 Å². The highest BCUT2D eigenvalue weighted by atomic mass is 32.2. The number of carbonyl (C=O) groups excluding carboxylic acids is 1. The molecule has 4 fully saturated rings. The highest BCUT2D eigenvalue weighted by Gasteiger charge is 2.63. The van der Waals surface area contributed by atoms with Crippen LogP contribution in [-0.2, 0) is 19.6 Å². The molecule has 0 aromatic carbocycles. The second-order valence-corrected chi connectivity index (χ2v) is 11.0. The minimum atomic E-state index is -5.88. The van der Waals surface area contributed by atoms with Crippen molar-refractivity contribution in [2.75, 3.05) is 6.61 Å². The molecular formula is C20H31F3O6S. The van der Waals surface area contributed by atoms with Crippen LogP contribution in [0.3, 0.4) is 0 Å². The Hall–Kier alpha value is -0.870. The molecule has 0 aromatic heterocycles. The number of carbonyl (C=O) groups is 1. The molecule has 30 heavy (non-hydrogen) atoms. The number of esters is 1. The van der Waals surface area contributed by atoms with Crippen LogP contribution in [-0.4, -0.2) is 47.7 Å². The van der Waals surface area contributed by atoms with Crippen LogP contribution in [0.2, 0.25) is 0 Å². The summed E-state index contributed by atoms with van der Waals surface area (Å²) in [5.74, 6) is -0.465. The molecule has 3 unspecified atom stereocenters. The highest BCUT2D eigenvalue weighted by Crippen LogP contribution is 2.66. The highest BCUT2D eigenvalue weighted by molar-refractivity contribution is 7.86. The Kier molecular flexibility index (Phi) is 6.28. The quantitative estimate of drug-likeness (QED) is 0.405. The summed E-state index contributed by atoms with van der Waals surface area (Å²) in [5, 5.41) is 6.32. The van der Waals surface area contributed by atoms with Gasteiger partial charge in [0.05, 0.1) is 18.1 Å². The maximum absolute atomic E-state index is 13.6. The molecule has 0 amide bonds. The third kappa shape index (κ3) is 3.77. The fraction of sp³-hybridized carbons (Fsp3) is 0.950. The molecule has 10 heteroatoms. The van der Waals surface area contributed by atoms with Gasteiger partial charge in [0.15, 0.2) is 6.17 Å². The Morgan fingerprint density at radius 1 is 1.17 bits per heavy atom. The van der Waals surface area contributed by atoms with Gasteiger partial charge in [-0.2, -0.15) is 17.2 Å². The Morgan fingerprint density at radius 3 is 2.17 bits per heavy atom. The van der Waals surface area contributed by atoms with E-state index >= 15 is 0 Å². The second kappa shape index (κ2) is 7.92.